The standard InChI is InChI=1S/C28H21ClFN3O2S2/c1-16-11-12-20(22(29)13-16)26(34)31-33-27(35)25(37-28(33)36)14-21-17(2)32(24-10-6-4-8-19(21)24)15-18-7-3-5-9-23(18)30/h3-14H,15H2,1-2H3,(H,31,34)/b25-14-. The zero-order valence-corrected chi connectivity index (χ0v) is 22.3. The minimum Gasteiger partial charge on any atom is -0.340 e. The van der Waals surface area contributed by atoms with Gasteiger partial charge in [0.15, 0.2) is 4.32 Å². The lowest BCUT2D eigenvalue weighted by Gasteiger charge is -2.16. The molecular formula is C28H21ClFN3O2S2. The first-order valence-corrected chi connectivity index (χ1v) is 13.0. The van der Waals surface area contributed by atoms with Crippen LogP contribution in [0.15, 0.2) is 71.6 Å². The minimum atomic E-state index is -0.528. The van der Waals surface area contributed by atoms with Gasteiger partial charge < -0.3 is 4.57 Å². The number of aromatic nitrogens is 1. The molecule has 1 saturated heterocycles. The van der Waals surface area contributed by atoms with Crippen LogP contribution in [-0.2, 0) is 11.3 Å². The third kappa shape index (κ3) is 4.80. The fourth-order valence-corrected chi connectivity index (χ4v) is 5.78. The number of aryl methyl sites for hydroxylation is 1. The number of benzene rings is 3. The summed E-state index contributed by atoms with van der Waals surface area (Å²) in [5, 5.41) is 2.28. The van der Waals surface area contributed by atoms with Gasteiger partial charge in [0.2, 0.25) is 0 Å². The van der Waals surface area contributed by atoms with Crippen LogP contribution < -0.4 is 5.43 Å². The highest BCUT2D eigenvalue weighted by Gasteiger charge is 2.34. The summed E-state index contributed by atoms with van der Waals surface area (Å²) in [6, 6.07) is 19.5. The number of nitrogens with zero attached hydrogens (tertiary/aromatic N) is 2. The molecular weight excluding hydrogens is 529 g/mol. The molecule has 0 saturated carbocycles. The normalized spacial score (nSPS) is 14.7. The first-order valence-electron chi connectivity index (χ1n) is 11.4. The number of hydrazine groups is 1. The molecule has 1 fully saturated rings. The summed E-state index contributed by atoms with van der Waals surface area (Å²) in [7, 11) is 0. The van der Waals surface area contributed by atoms with E-state index in [2.05, 4.69) is 5.43 Å². The summed E-state index contributed by atoms with van der Waals surface area (Å²) >= 11 is 12.7. The van der Waals surface area contributed by atoms with E-state index < -0.39 is 11.8 Å². The maximum atomic E-state index is 14.4. The summed E-state index contributed by atoms with van der Waals surface area (Å²) in [4.78, 5) is 26.4. The van der Waals surface area contributed by atoms with Crippen molar-refractivity contribution in [2.24, 2.45) is 0 Å². The number of carbonyl (C=O) groups is 2. The van der Waals surface area contributed by atoms with Gasteiger partial charge in [-0.25, -0.2) is 4.39 Å². The quantitative estimate of drug-likeness (QED) is 0.224. The van der Waals surface area contributed by atoms with Gasteiger partial charge in [-0.05, 0) is 62.0 Å². The Kier molecular flexibility index (Phi) is 6.90. The van der Waals surface area contributed by atoms with Crippen molar-refractivity contribution in [1.29, 1.82) is 0 Å². The maximum absolute atomic E-state index is 14.4. The molecule has 0 unspecified atom stereocenters. The lowest BCUT2D eigenvalue weighted by molar-refractivity contribution is -0.123. The molecule has 1 aliphatic rings. The molecule has 0 atom stereocenters. The Morgan fingerprint density at radius 2 is 1.84 bits per heavy atom. The van der Waals surface area contributed by atoms with Gasteiger partial charge in [-0.3, -0.25) is 15.0 Å². The zero-order chi connectivity index (χ0) is 26.3. The van der Waals surface area contributed by atoms with Crippen LogP contribution in [0.25, 0.3) is 17.0 Å². The minimum absolute atomic E-state index is 0.209. The van der Waals surface area contributed by atoms with Gasteiger partial charge in [0, 0.05) is 27.7 Å². The molecule has 0 spiro atoms. The van der Waals surface area contributed by atoms with E-state index in [9.17, 15) is 14.0 Å². The van der Waals surface area contributed by atoms with Gasteiger partial charge in [-0.1, -0.05) is 65.8 Å². The van der Waals surface area contributed by atoms with Crippen molar-refractivity contribution < 1.29 is 14.0 Å². The number of para-hydroxylation sites is 1. The molecule has 2 heterocycles. The largest absolute Gasteiger partial charge is 0.340 e. The average Bonchev–Trinajstić information content (AvgIpc) is 3.28. The molecule has 1 aromatic heterocycles. The van der Waals surface area contributed by atoms with Crippen molar-refractivity contribution in [1.82, 2.24) is 15.0 Å². The van der Waals surface area contributed by atoms with Crippen molar-refractivity contribution >= 4 is 68.7 Å². The van der Waals surface area contributed by atoms with E-state index in [1.165, 1.54) is 6.07 Å². The van der Waals surface area contributed by atoms with Crippen LogP contribution in [0.1, 0.15) is 32.7 Å². The Morgan fingerprint density at radius 1 is 1.11 bits per heavy atom. The molecule has 5 rings (SSSR count). The van der Waals surface area contributed by atoms with E-state index in [1.807, 2.05) is 48.7 Å². The second-order valence-corrected chi connectivity index (χ2v) is 10.7. The predicted octanol–water partition coefficient (Wildman–Crippen LogP) is 6.65. The number of thioether (sulfide) groups is 1. The summed E-state index contributed by atoms with van der Waals surface area (Å²) in [6.45, 7) is 4.16. The molecule has 0 aliphatic carbocycles. The molecule has 1 N–H and O–H groups in total. The monoisotopic (exact) mass is 549 g/mol. The SMILES string of the molecule is Cc1ccc(C(=O)NN2C(=O)/C(=C/c3c(C)n(Cc4ccccc4F)c4ccccc34)SC2=S)c(Cl)c1. The topological polar surface area (TPSA) is 54.3 Å². The first kappa shape index (κ1) is 25.2. The van der Waals surface area contributed by atoms with Crippen molar-refractivity contribution in [2.75, 3.05) is 0 Å². The number of nitrogens with one attached hydrogen (secondary N) is 1. The third-order valence-corrected chi connectivity index (χ3v) is 7.83. The second-order valence-electron chi connectivity index (χ2n) is 8.64. The number of hydrogen-bond donors (Lipinski definition) is 1. The van der Waals surface area contributed by atoms with Gasteiger partial charge in [-0.15, -0.1) is 0 Å². The smallest absolute Gasteiger partial charge is 0.285 e. The first-order chi connectivity index (χ1) is 17.7. The van der Waals surface area contributed by atoms with E-state index >= 15 is 0 Å². The van der Waals surface area contributed by atoms with Crippen LogP contribution in [0.5, 0.6) is 0 Å². The van der Waals surface area contributed by atoms with Crippen LogP contribution in [0.3, 0.4) is 0 Å². The molecule has 5 nitrogen and oxygen atoms in total. The number of halogens is 2. The Hall–Kier alpha value is -3.46. The van der Waals surface area contributed by atoms with E-state index in [0.29, 0.717) is 17.0 Å². The highest BCUT2D eigenvalue weighted by Crippen LogP contribution is 2.35. The molecule has 0 radical (unpaired) electrons. The van der Waals surface area contributed by atoms with Crippen molar-refractivity contribution in [3.8, 4) is 0 Å². The highest BCUT2D eigenvalue weighted by molar-refractivity contribution is 8.26. The number of carbonyl (C=O) groups excluding carboxylic acids is 2. The van der Waals surface area contributed by atoms with Crippen molar-refractivity contribution in [3.05, 3.63) is 110 Å². The fraction of sp³-hybridized carbons (Fsp3) is 0.107. The zero-order valence-electron chi connectivity index (χ0n) is 19.9. The van der Waals surface area contributed by atoms with Gasteiger partial charge in [0.1, 0.15) is 5.82 Å². The van der Waals surface area contributed by atoms with E-state index in [1.54, 1.807) is 36.4 Å². The van der Waals surface area contributed by atoms with Crippen LogP contribution in [0.4, 0.5) is 4.39 Å². The van der Waals surface area contributed by atoms with Crippen LogP contribution in [0.2, 0.25) is 5.02 Å². The number of hydrogen-bond acceptors (Lipinski definition) is 4. The average molecular weight is 550 g/mol. The Bertz CT molecular complexity index is 1630. The Balaban J connectivity index is 1.47. The van der Waals surface area contributed by atoms with Gasteiger partial charge in [-0.2, -0.15) is 5.01 Å². The molecule has 4 aromatic rings. The van der Waals surface area contributed by atoms with Gasteiger partial charge in [0.05, 0.1) is 22.0 Å². The van der Waals surface area contributed by atoms with E-state index in [4.69, 9.17) is 23.8 Å². The number of fused-ring (bicyclic) bond motifs is 1. The van der Waals surface area contributed by atoms with Crippen LogP contribution >= 0.6 is 35.6 Å². The maximum Gasteiger partial charge on any atom is 0.285 e. The summed E-state index contributed by atoms with van der Waals surface area (Å²) in [5.74, 6) is -1.23. The molecule has 37 heavy (non-hydrogen) atoms. The molecule has 3 aromatic carbocycles. The molecule has 9 heteroatoms. The van der Waals surface area contributed by atoms with Gasteiger partial charge in [0.25, 0.3) is 11.8 Å². The Labute approximate surface area is 227 Å². The summed E-state index contributed by atoms with van der Waals surface area (Å²) in [6.07, 6.45) is 1.78. The molecule has 186 valence electrons. The number of rotatable bonds is 5. The fourth-order valence-electron chi connectivity index (χ4n) is 4.30. The molecule has 2 amide bonds. The molecule has 1 aliphatic heterocycles. The highest BCUT2D eigenvalue weighted by atomic mass is 35.5. The summed E-state index contributed by atoms with van der Waals surface area (Å²) < 4.78 is 16.7. The lowest BCUT2D eigenvalue weighted by Crippen LogP contribution is -2.44. The van der Waals surface area contributed by atoms with Crippen molar-refractivity contribution in [2.45, 2.75) is 20.4 Å². The van der Waals surface area contributed by atoms with Gasteiger partial charge >= 0.3 is 0 Å². The number of amides is 2. The van der Waals surface area contributed by atoms with E-state index in [0.717, 1.165) is 44.5 Å². The second kappa shape index (κ2) is 10.1. The lowest BCUT2D eigenvalue weighted by atomic mass is 10.1. The van der Waals surface area contributed by atoms with E-state index in [-0.39, 0.29) is 20.7 Å². The molecule has 0 bridgehead atoms. The summed E-state index contributed by atoms with van der Waals surface area (Å²) in [5.41, 5.74) is 6.95. The van der Waals surface area contributed by atoms with Crippen LogP contribution in [0, 0.1) is 19.7 Å². The van der Waals surface area contributed by atoms with Crippen LogP contribution in [-0.4, -0.2) is 25.7 Å². The number of thiocarbonyl (C=S) groups is 1. The third-order valence-electron chi connectivity index (χ3n) is 6.22. The predicted molar refractivity (Wildman–Crippen MR) is 151 cm³/mol. The van der Waals surface area contributed by atoms with Crippen molar-refractivity contribution in [3.63, 3.8) is 0 Å². The Morgan fingerprint density at radius 3 is 2.59 bits per heavy atom.